The highest BCUT2D eigenvalue weighted by Gasteiger charge is 2.26. The average Bonchev–Trinajstić information content (AvgIpc) is 3.26. The van der Waals surface area contributed by atoms with Gasteiger partial charge < -0.3 is 14.3 Å². The number of piperazine rings is 1. The van der Waals surface area contributed by atoms with E-state index in [-0.39, 0.29) is 18.0 Å². The summed E-state index contributed by atoms with van der Waals surface area (Å²) >= 11 is 0. The number of aromatic nitrogens is 5. The zero-order valence-electron chi connectivity index (χ0n) is 18.9. The van der Waals surface area contributed by atoms with Crippen molar-refractivity contribution in [2.75, 3.05) is 29.4 Å². The van der Waals surface area contributed by atoms with Gasteiger partial charge in [-0.3, -0.25) is 14.8 Å². The molecular formula is C24H24FN7O2. The van der Waals surface area contributed by atoms with Crippen LogP contribution < -0.4 is 15.4 Å². The zero-order valence-corrected chi connectivity index (χ0v) is 18.9. The van der Waals surface area contributed by atoms with Crippen LogP contribution in [0.25, 0.3) is 11.4 Å². The standard InChI is InChI=1S/C24H24FN7O2/c1-15-14-31(20-5-3-17(4-6-20)23-27-16(2)34-30-23)9-10-32(15)24-28-19(12-22(33)29-24)11-18-7-8-26-13-21(18)25/h3-8,12-13,15H,9-11,14H2,1-2H3,(H,28,29,33)/t15-/m1/s1. The van der Waals surface area contributed by atoms with E-state index in [1.165, 1.54) is 18.5 Å². The molecule has 34 heavy (non-hydrogen) atoms. The van der Waals surface area contributed by atoms with Gasteiger partial charge in [0.2, 0.25) is 17.7 Å². The number of aromatic amines is 1. The molecule has 174 valence electrons. The van der Waals surface area contributed by atoms with Crippen molar-refractivity contribution >= 4 is 11.6 Å². The van der Waals surface area contributed by atoms with Crippen LogP contribution in [0.1, 0.15) is 24.1 Å². The number of hydrogen-bond donors (Lipinski definition) is 1. The third-order valence-electron chi connectivity index (χ3n) is 5.93. The van der Waals surface area contributed by atoms with Gasteiger partial charge in [0.05, 0.1) is 11.9 Å². The van der Waals surface area contributed by atoms with Crippen molar-refractivity contribution in [3.63, 3.8) is 0 Å². The highest BCUT2D eigenvalue weighted by molar-refractivity contribution is 5.60. The highest BCUT2D eigenvalue weighted by Crippen LogP contribution is 2.25. The Morgan fingerprint density at radius 3 is 2.71 bits per heavy atom. The van der Waals surface area contributed by atoms with Crippen molar-refractivity contribution in [3.8, 4) is 11.4 Å². The molecule has 1 atom stereocenters. The Hall–Kier alpha value is -4.08. The molecule has 0 spiro atoms. The Morgan fingerprint density at radius 1 is 1.18 bits per heavy atom. The lowest BCUT2D eigenvalue weighted by Crippen LogP contribution is -2.53. The van der Waals surface area contributed by atoms with Crippen molar-refractivity contribution < 1.29 is 8.91 Å². The van der Waals surface area contributed by atoms with Crippen LogP contribution in [0.3, 0.4) is 0 Å². The van der Waals surface area contributed by atoms with Crippen molar-refractivity contribution in [2.24, 2.45) is 0 Å². The van der Waals surface area contributed by atoms with Crippen LogP contribution in [0, 0.1) is 12.7 Å². The predicted molar refractivity (Wildman–Crippen MR) is 125 cm³/mol. The molecule has 0 amide bonds. The fourth-order valence-corrected chi connectivity index (χ4v) is 4.21. The first-order valence-corrected chi connectivity index (χ1v) is 11.1. The third kappa shape index (κ3) is 4.52. The van der Waals surface area contributed by atoms with Crippen molar-refractivity contribution in [2.45, 2.75) is 26.3 Å². The maximum atomic E-state index is 14.0. The number of halogens is 1. The van der Waals surface area contributed by atoms with E-state index < -0.39 is 5.82 Å². The van der Waals surface area contributed by atoms with E-state index in [0.717, 1.165) is 24.3 Å². The van der Waals surface area contributed by atoms with Crippen LogP contribution >= 0.6 is 0 Å². The maximum absolute atomic E-state index is 14.0. The summed E-state index contributed by atoms with van der Waals surface area (Å²) in [6.45, 7) is 6.06. The van der Waals surface area contributed by atoms with E-state index in [0.29, 0.717) is 35.5 Å². The molecule has 1 fully saturated rings. The molecule has 4 heterocycles. The molecule has 10 heteroatoms. The smallest absolute Gasteiger partial charge is 0.252 e. The van der Waals surface area contributed by atoms with Crippen LogP contribution in [0.4, 0.5) is 16.0 Å². The lowest BCUT2D eigenvalue weighted by molar-refractivity contribution is 0.394. The summed E-state index contributed by atoms with van der Waals surface area (Å²) in [6, 6.07) is 11.2. The number of nitrogens with zero attached hydrogens (tertiary/aromatic N) is 6. The van der Waals surface area contributed by atoms with Gasteiger partial charge in [-0.05, 0) is 42.8 Å². The molecule has 0 radical (unpaired) electrons. The highest BCUT2D eigenvalue weighted by atomic mass is 19.1. The Kier molecular flexibility index (Phi) is 5.79. The normalized spacial score (nSPS) is 16.1. The number of H-pyrrole nitrogens is 1. The second-order valence-corrected chi connectivity index (χ2v) is 8.38. The van der Waals surface area contributed by atoms with E-state index in [1.54, 1.807) is 13.0 Å². The molecule has 1 aliphatic rings. The van der Waals surface area contributed by atoms with Crippen LogP contribution in [0.15, 0.2) is 58.1 Å². The van der Waals surface area contributed by atoms with Crippen molar-refractivity contribution in [1.29, 1.82) is 0 Å². The van der Waals surface area contributed by atoms with Gasteiger partial charge in [-0.15, -0.1) is 0 Å². The Labute approximate surface area is 195 Å². The SMILES string of the molecule is Cc1nc(-c2ccc(N3CCN(c4nc(Cc5ccncc5F)cc(=O)[nH]4)[C@H](C)C3)cc2)no1. The minimum atomic E-state index is -0.409. The van der Waals surface area contributed by atoms with E-state index in [1.807, 2.05) is 24.3 Å². The third-order valence-corrected chi connectivity index (χ3v) is 5.93. The number of pyridine rings is 1. The Bertz CT molecular complexity index is 1350. The molecule has 0 unspecified atom stereocenters. The lowest BCUT2D eigenvalue weighted by Gasteiger charge is -2.41. The molecule has 3 aromatic heterocycles. The van der Waals surface area contributed by atoms with Gasteiger partial charge in [-0.1, -0.05) is 5.16 Å². The first kappa shape index (κ1) is 21.7. The monoisotopic (exact) mass is 461 g/mol. The summed E-state index contributed by atoms with van der Waals surface area (Å²) in [5.74, 6) is 1.20. The van der Waals surface area contributed by atoms with E-state index in [9.17, 15) is 9.18 Å². The topological polar surface area (TPSA) is 104 Å². The Morgan fingerprint density at radius 2 is 2.00 bits per heavy atom. The number of aryl methyl sites for hydroxylation is 1. The van der Waals surface area contributed by atoms with Crippen molar-refractivity contribution in [3.05, 3.63) is 82.1 Å². The number of anilines is 2. The molecule has 1 aromatic carbocycles. The quantitative estimate of drug-likeness (QED) is 0.484. The summed E-state index contributed by atoms with van der Waals surface area (Å²) in [7, 11) is 0. The van der Waals surface area contributed by atoms with Crippen LogP contribution in [-0.4, -0.2) is 50.8 Å². The van der Waals surface area contributed by atoms with Crippen LogP contribution in [0.5, 0.6) is 0 Å². The predicted octanol–water partition coefficient (Wildman–Crippen LogP) is 2.97. The second-order valence-electron chi connectivity index (χ2n) is 8.38. The van der Waals surface area contributed by atoms with Gasteiger partial charge in [0, 0.05) is 62.5 Å². The first-order chi connectivity index (χ1) is 16.5. The number of hydrogen-bond acceptors (Lipinski definition) is 8. The minimum Gasteiger partial charge on any atom is -0.368 e. The number of benzene rings is 1. The molecule has 0 saturated carbocycles. The Balaban J connectivity index is 1.30. The second kappa shape index (κ2) is 9.05. The van der Waals surface area contributed by atoms with Gasteiger partial charge in [0.1, 0.15) is 5.82 Å². The summed E-state index contributed by atoms with van der Waals surface area (Å²) in [6.07, 6.45) is 2.93. The summed E-state index contributed by atoms with van der Waals surface area (Å²) in [5, 5.41) is 3.96. The summed E-state index contributed by atoms with van der Waals surface area (Å²) in [4.78, 5) is 32.2. The summed E-state index contributed by atoms with van der Waals surface area (Å²) in [5.41, 5.74) is 2.72. The van der Waals surface area contributed by atoms with Gasteiger partial charge in [0.25, 0.3) is 5.56 Å². The van der Waals surface area contributed by atoms with E-state index in [2.05, 4.69) is 41.8 Å². The molecule has 1 aliphatic heterocycles. The number of nitrogens with one attached hydrogen (secondary N) is 1. The van der Waals surface area contributed by atoms with E-state index in [4.69, 9.17) is 4.52 Å². The average molecular weight is 462 g/mol. The largest absolute Gasteiger partial charge is 0.368 e. The summed E-state index contributed by atoms with van der Waals surface area (Å²) < 4.78 is 19.1. The molecule has 9 nitrogen and oxygen atoms in total. The van der Waals surface area contributed by atoms with Gasteiger partial charge >= 0.3 is 0 Å². The van der Waals surface area contributed by atoms with Crippen LogP contribution in [0.2, 0.25) is 0 Å². The van der Waals surface area contributed by atoms with E-state index >= 15 is 0 Å². The van der Waals surface area contributed by atoms with Crippen LogP contribution in [-0.2, 0) is 6.42 Å². The van der Waals surface area contributed by atoms with Gasteiger partial charge in [-0.25, -0.2) is 9.37 Å². The maximum Gasteiger partial charge on any atom is 0.252 e. The lowest BCUT2D eigenvalue weighted by atomic mass is 10.1. The molecular weight excluding hydrogens is 437 g/mol. The minimum absolute atomic E-state index is 0.101. The molecule has 1 N–H and O–H groups in total. The van der Waals surface area contributed by atoms with Gasteiger partial charge in [-0.2, -0.15) is 4.98 Å². The molecule has 4 aromatic rings. The molecule has 0 bridgehead atoms. The van der Waals surface area contributed by atoms with Gasteiger partial charge in [0.15, 0.2) is 0 Å². The zero-order chi connectivity index (χ0) is 23.7. The fraction of sp³-hybridized carbons (Fsp3) is 0.292. The van der Waals surface area contributed by atoms with Crippen molar-refractivity contribution in [1.82, 2.24) is 25.1 Å². The fourth-order valence-electron chi connectivity index (χ4n) is 4.21. The molecule has 5 rings (SSSR count). The number of rotatable bonds is 5. The molecule has 1 saturated heterocycles. The molecule has 0 aliphatic carbocycles. The first-order valence-electron chi connectivity index (χ1n) is 11.1.